The number of hydrogen-bond acceptors (Lipinski definition) is 2. The summed E-state index contributed by atoms with van der Waals surface area (Å²) in [4.78, 5) is 5.18. The molecule has 2 unspecified atom stereocenters. The molecule has 2 atom stereocenters. The SMILES string of the molecule is CC(C)=C(C(Cl)N=[N+]=[N-])C(C)N1CCCC1. The van der Waals surface area contributed by atoms with Gasteiger partial charge in [0.2, 0.25) is 0 Å². The Hall–Kier alpha value is -0.700. The fourth-order valence-electron chi connectivity index (χ4n) is 2.29. The van der Waals surface area contributed by atoms with E-state index in [0.29, 0.717) is 0 Å². The summed E-state index contributed by atoms with van der Waals surface area (Å²) in [6, 6.07) is 0.264. The van der Waals surface area contributed by atoms with Crippen molar-refractivity contribution >= 4 is 11.6 Å². The molecule has 1 fully saturated rings. The molecule has 0 aromatic carbocycles. The van der Waals surface area contributed by atoms with Crippen LogP contribution in [0.4, 0.5) is 0 Å². The lowest BCUT2D eigenvalue weighted by molar-refractivity contribution is 0.284. The molecule has 5 heteroatoms. The van der Waals surface area contributed by atoms with Crippen LogP contribution in [-0.2, 0) is 0 Å². The molecule has 1 aliphatic rings. The van der Waals surface area contributed by atoms with Gasteiger partial charge in [-0.15, -0.1) is 11.6 Å². The molecular formula is C11H19ClN4. The van der Waals surface area contributed by atoms with Crippen LogP contribution in [-0.4, -0.2) is 29.5 Å². The van der Waals surface area contributed by atoms with Gasteiger partial charge in [0.05, 0.1) is 0 Å². The highest BCUT2D eigenvalue weighted by atomic mass is 35.5. The third-order valence-corrected chi connectivity index (χ3v) is 3.45. The number of azide groups is 1. The molecule has 90 valence electrons. The molecule has 1 saturated heterocycles. The molecule has 0 radical (unpaired) electrons. The maximum absolute atomic E-state index is 8.45. The van der Waals surface area contributed by atoms with E-state index < -0.39 is 5.50 Å². The molecule has 1 heterocycles. The minimum absolute atomic E-state index is 0.264. The van der Waals surface area contributed by atoms with E-state index in [-0.39, 0.29) is 6.04 Å². The van der Waals surface area contributed by atoms with Crippen LogP contribution < -0.4 is 0 Å². The topological polar surface area (TPSA) is 52.0 Å². The van der Waals surface area contributed by atoms with Gasteiger partial charge in [0, 0.05) is 11.0 Å². The smallest absolute Gasteiger partial charge is 0.135 e. The molecule has 4 nitrogen and oxygen atoms in total. The van der Waals surface area contributed by atoms with Gasteiger partial charge in [0.25, 0.3) is 0 Å². The van der Waals surface area contributed by atoms with Gasteiger partial charge in [-0.2, -0.15) is 0 Å². The first-order valence-corrected chi connectivity index (χ1v) is 6.11. The molecule has 0 aromatic rings. The molecule has 0 saturated carbocycles. The van der Waals surface area contributed by atoms with E-state index in [1.165, 1.54) is 12.8 Å². The maximum Gasteiger partial charge on any atom is 0.135 e. The van der Waals surface area contributed by atoms with Crippen LogP contribution in [0.15, 0.2) is 16.3 Å². The van der Waals surface area contributed by atoms with Gasteiger partial charge in [0.15, 0.2) is 0 Å². The Labute approximate surface area is 102 Å². The molecule has 0 amide bonds. The molecule has 1 aliphatic heterocycles. The van der Waals surface area contributed by atoms with Crippen LogP contribution in [0, 0.1) is 0 Å². The number of likely N-dealkylation sites (tertiary alicyclic amines) is 1. The molecule has 0 N–H and O–H groups in total. The number of alkyl halides is 1. The van der Waals surface area contributed by atoms with Crippen molar-refractivity contribution < 1.29 is 0 Å². The lowest BCUT2D eigenvalue weighted by atomic mass is 10.0. The molecule has 0 aromatic heterocycles. The van der Waals surface area contributed by atoms with E-state index in [4.69, 9.17) is 17.1 Å². The van der Waals surface area contributed by atoms with Crippen LogP contribution in [0.5, 0.6) is 0 Å². The molecular weight excluding hydrogens is 224 g/mol. The second kappa shape index (κ2) is 6.14. The van der Waals surface area contributed by atoms with Crippen molar-refractivity contribution in [3.8, 4) is 0 Å². The second-order valence-electron chi connectivity index (χ2n) is 4.42. The average Bonchev–Trinajstić information content (AvgIpc) is 2.70. The maximum atomic E-state index is 8.45. The Bertz CT molecular complexity index is 310. The van der Waals surface area contributed by atoms with Gasteiger partial charge in [-0.3, -0.25) is 4.90 Å². The van der Waals surface area contributed by atoms with Crippen molar-refractivity contribution in [2.75, 3.05) is 13.1 Å². The van der Waals surface area contributed by atoms with E-state index in [9.17, 15) is 0 Å². The van der Waals surface area contributed by atoms with Crippen molar-refractivity contribution in [2.24, 2.45) is 5.11 Å². The van der Waals surface area contributed by atoms with E-state index >= 15 is 0 Å². The van der Waals surface area contributed by atoms with Crippen molar-refractivity contribution in [3.05, 3.63) is 21.6 Å². The van der Waals surface area contributed by atoms with Crippen molar-refractivity contribution in [2.45, 2.75) is 45.2 Å². The van der Waals surface area contributed by atoms with E-state index in [1.807, 2.05) is 13.8 Å². The van der Waals surface area contributed by atoms with Gasteiger partial charge in [-0.1, -0.05) is 10.7 Å². The Balaban J connectivity index is 2.85. The van der Waals surface area contributed by atoms with E-state index in [1.54, 1.807) is 0 Å². The van der Waals surface area contributed by atoms with Gasteiger partial charge in [-0.25, -0.2) is 0 Å². The zero-order valence-electron chi connectivity index (χ0n) is 10.1. The standard InChI is InChI=1S/C11H19ClN4/c1-8(2)10(11(12)14-15-13)9(3)16-6-4-5-7-16/h9,11H,4-7H2,1-3H3. The second-order valence-corrected chi connectivity index (χ2v) is 4.83. The summed E-state index contributed by atoms with van der Waals surface area (Å²) >= 11 is 6.11. The zero-order chi connectivity index (χ0) is 12.1. The van der Waals surface area contributed by atoms with E-state index in [0.717, 1.165) is 24.2 Å². The number of nitrogens with zero attached hydrogens (tertiary/aromatic N) is 4. The highest BCUT2D eigenvalue weighted by molar-refractivity contribution is 6.22. The van der Waals surface area contributed by atoms with Gasteiger partial charge in [-0.05, 0) is 57.8 Å². The Morgan fingerprint density at radius 2 is 1.94 bits per heavy atom. The summed E-state index contributed by atoms with van der Waals surface area (Å²) in [6.07, 6.45) is 2.49. The monoisotopic (exact) mass is 242 g/mol. The number of hydrogen-bond donors (Lipinski definition) is 0. The van der Waals surface area contributed by atoms with Gasteiger partial charge < -0.3 is 0 Å². The van der Waals surface area contributed by atoms with Crippen molar-refractivity contribution in [1.29, 1.82) is 0 Å². The molecule has 0 bridgehead atoms. The predicted molar refractivity (Wildman–Crippen MR) is 67.4 cm³/mol. The largest absolute Gasteiger partial charge is 0.297 e. The van der Waals surface area contributed by atoms with Crippen LogP contribution >= 0.6 is 11.6 Å². The van der Waals surface area contributed by atoms with Crippen molar-refractivity contribution in [3.63, 3.8) is 0 Å². The minimum Gasteiger partial charge on any atom is -0.297 e. The first kappa shape index (κ1) is 13.4. The molecule has 0 aliphatic carbocycles. The minimum atomic E-state index is -0.564. The summed E-state index contributed by atoms with van der Waals surface area (Å²) in [6.45, 7) is 8.39. The van der Waals surface area contributed by atoms with Gasteiger partial charge in [0.1, 0.15) is 5.50 Å². The summed E-state index contributed by atoms with van der Waals surface area (Å²) in [5.41, 5.74) is 10.1. The fourth-order valence-corrected chi connectivity index (χ4v) is 2.73. The molecule has 0 spiro atoms. The quantitative estimate of drug-likeness (QED) is 0.185. The Kier molecular flexibility index (Phi) is 5.13. The fraction of sp³-hybridized carbons (Fsp3) is 0.818. The lowest BCUT2D eigenvalue weighted by Crippen LogP contribution is -2.34. The van der Waals surface area contributed by atoms with E-state index in [2.05, 4.69) is 21.8 Å². The van der Waals surface area contributed by atoms with Crippen LogP contribution in [0.25, 0.3) is 10.4 Å². The number of allylic oxidation sites excluding steroid dienone is 1. The normalized spacial score (nSPS) is 20.0. The average molecular weight is 243 g/mol. The van der Waals surface area contributed by atoms with Crippen molar-refractivity contribution in [1.82, 2.24) is 4.90 Å². The Morgan fingerprint density at radius 1 is 1.38 bits per heavy atom. The summed E-state index contributed by atoms with van der Waals surface area (Å²) < 4.78 is 0. The van der Waals surface area contributed by atoms with Crippen LogP contribution in [0.3, 0.4) is 0 Å². The summed E-state index contributed by atoms with van der Waals surface area (Å²) in [5, 5.41) is 3.60. The first-order chi connectivity index (χ1) is 7.57. The Morgan fingerprint density at radius 3 is 2.38 bits per heavy atom. The number of halogens is 1. The summed E-state index contributed by atoms with van der Waals surface area (Å²) in [7, 11) is 0. The van der Waals surface area contributed by atoms with Crippen LogP contribution in [0.1, 0.15) is 33.6 Å². The third kappa shape index (κ3) is 3.14. The predicted octanol–water partition coefficient (Wildman–Crippen LogP) is 3.68. The lowest BCUT2D eigenvalue weighted by Gasteiger charge is -2.28. The van der Waals surface area contributed by atoms with Crippen LogP contribution in [0.2, 0.25) is 0 Å². The zero-order valence-corrected chi connectivity index (χ0v) is 10.9. The third-order valence-electron chi connectivity index (χ3n) is 3.13. The highest BCUT2D eigenvalue weighted by Gasteiger charge is 2.25. The number of rotatable bonds is 4. The van der Waals surface area contributed by atoms with Gasteiger partial charge >= 0.3 is 0 Å². The highest BCUT2D eigenvalue weighted by Crippen LogP contribution is 2.25. The first-order valence-electron chi connectivity index (χ1n) is 5.67. The molecule has 1 rings (SSSR count). The molecule has 16 heavy (non-hydrogen) atoms. The summed E-state index contributed by atoms with van der Waals surface area (Å²) in [5.74, 6) is 0.